The topological polar surface area (TPSA) is 43.1 Å². The number of hydrogen-bond donors (Lipinski definition) is 0. The first-order valence-electron chi connectivity index (χ1n) is 5.82. The highest BCUT2D eigenvalue weighted by molar-refractivity contribution is 6.42. The Balaban J connectivity index is 2.34. The van der Waals surface area contributed by atoms with Gasteiger partial charge in [-0.2, -0.15) is 0 Å². The Morgan fingerprint density at radius 2 is 1.75 bits per heavy atom. The minimum Gasteiger partial charge on any atom is -0.275 e. The molecule has 0 fully saturated rings. The van der Waals surface area contributed by atoms with Gasteiger partial charge in [0.2, 0.25) is 0 Å². The monoisotopic (exact) mass is 326 g/mol. The second-order valence-electron chi connectivity index (χ2n) is 4.38. The third-order valence-corrected chi connectivity index (χ3v) is 4.14. The summed E-state index contributed by atoms with van der Waals surface area (Å²) in [4.78, 5) is 4.23. The van der Waals surface area contributed by atoms with E-state index < -0.39 is 0 Å². The Hall–Kier alpha value is -1.36. The molecule has 0 amide bonds. The number of aromatic nitrogens is 4. The summed E-state index contributed by atoms with van der Waals surface area (Å²) < 4.78 is 1.87. The molecule has 0 spiro atoms. The normalized spacial score (nSPS) is 11.2. The number of aryl methyl sites for hydroxylation is 2. The van der Waals surface area contributed by atoms with Gasteiger partial charge in [0.15, 0.2) is 16.6 Å². The minimum atomic E-state index is 0.326. The Kier molecular flexibility index (Phi) is 3.32. The summed E-state index contributed by atoms with van der Waals surface area (Å²) in [6.45, 7) is 3.83. The quantitative estimate of drug-likeness (QED) is 0.666. The zero-order valence-corrected chi connectivity index (χ0v) is 12.9. The molecule has 1 aromatic carbocycles. The molecule has 0 aliphatic rings. The molecule has 0 saturated heterocycles. The summed E-state index contributed by atoms with van der Waals surface area (Å²) in [7, 11) is 0. The van der Waals surface area contributed by atoms with E-state index >= 15 is 0 Å². The Bertz CT molecular complexity index is 826. The SMILES string of the molecule is Cc1nc(Cl)c2nnc(-c3ccc(Cl)c(Cl)c3)n2c1C. The molecular formula is C13H9Cl3N4. The minimum absolute atomic E-state index is 0.326. The lowest BCUT2D eigenvalue weighted by Gasteiger charge is -2.07. The van der Waals surface area contributed by atoms with Crippen molar-refractivity contribution in [3.63, 3.8) is 0 Å². The van der Waals surface area contributed by atoms with E-state index in [1.165, 1.54) is 0 Å². The number of hydrogen-bond acceptors (Lipinski definition) is 3. The van der Waals surface area contributed by atoms with Crippen LogP contribution in [-0.4, -0.2) is 19.6 Å². The zero-order chi connectivity index (χ0) is 14.4. The van der Waals surface area contributed by atoms with Crippen molar-refractivity contribution in [2.45, 2.75) is 13.8 Å². The number of fused-ring (bicyclic) bond motifs is 1. The van der Waals surface area contributed by atoms with E-state index in [9.17, 15) is 0 Å². The number of nitrogens with zero attached hydrogens (tertiary/aromatic N) is 4. The first-order valence-corrected chi connectivity index (χ1v) is 6.95. The van der Waals surface area contributed by atoms with E-state index in [0.29, 0.717) is 26.7 Å². The molecule has 0 aliphatic heterocycles. The smallest absolute Gasteiger partial charge is 0.199 e. The lowest BCUT2D eigenvalue weighted by molar-refractivity contribution is 1.000. The van der Waals surface area contributed by atoms with Crippen molar-refractivity contribution in [3.8, 4) is 11.4 Å². The number of benzene rings is 1. The van der Waals surface area contributed by atoms with Gasteiger partial charge >= 0.3 is 0 Å². The molecule has 2 heterocycles. The molecule has 0 radical (unpaired) electrons. The van der Waals surface area contributed by atoms with Crippen LogP contribution in [0.15, 0.2) is 18.2 Å². The van der Waals surface area contributed by atoms with Gasteiger partial charge in [0.25, 0.3) is 0 Å². The van der Waals surface area contributed by atoms with Crippen LogP contribution in [0.2, 0.25) is 15.2 Å². The van der Waals surface area contributed by atoms with Crippen molar-refractivity contribution in [3.05, 3.63) is 44.8 Å². The molecule has 0 aliphatic carbocycles. The van der Waals surface area contributed by atoms with E-state index in [0.717, 1.165) is 17.0 Å². The van der Waals surface area contributed by atoms with Crippen LogP contribution < -0.4 is 0 Å². The van der Waals surface area contributed by atoms with Gasteiger partial charge in [-0.3, -0.25) is 4.40 Å². The van der Waals surface area contributed by atoms with E-state index in [4.69, 9.17) is 34.8 Å². The summed E-state index contributed by atoms with van der Waals surface area (Å²) in [5.74, 6) is 0.656. The van der Waals surface area contributed by atoms with Gasteiger partial charge in [-0.15, -0.1) is 10.2 Å². The largest absolute Gasteiger partial charge is 0.275 e. The van der Waals surface area contributed by atoms with E-state index in [-0.39, 0.29) is 0 Å². The van der Waals surface area contributed by atoms with Crippen LogP contribution in [0.3, 0.4) is 0 Å². The van der Waals surface area contributed by atoms with Gasteiger partial charge in [0.05, 0.1) is 15.7 Å². The fourth-order valence-electron chi connectivity index (χ4n) is 2.00. The van der Waals surface area contributed by atoms with Crippen LogP contribution in [0.4, 0.5) is 0 Å². The highest BCUT2D eigenvalue weighted by atomic mass is 35.5. The number of halogens is 3. The molecule has 102 valence electrons. The van der Waals surface area contributed by atoms with Gasteiger partial charge in [-0.25, -0.2) is 4.98 Å². The second kappa shape index (κ2) is 4.88. The molecule has 7 heteroatoms. The third-order valence-electron chi connectivity index (χ3n) is 3.15. The standard InChI is InChI=1S/C13H9Cl3N4/c1-6-7(2)20-12(18-19-13(20)11(16)17-6)8-3-4-9(14)10(15)5-8/h3-5H,1-2H3. The summed E-state index contributed by atoms with van der Waals surface area (Å²) >= 11 is 18.1. The lowest BCUT2D eigenvalue weighted by atomic mass is 10.2. The van der Waals surface area contributed by atoms with Gasteiger partial charge < -0.3 is 0 Å². The molecular weight excluding hydrogens is 319 g/mol. The van der Waals surface area contributed by atoms with Crippen LogP contribution in [0.25, 0.3) is 17.0 Å². The first kappa shape index (κ1) is 13.6. The Morgan fingerprint density at radius 3 is 2.45 bits per heavy atom. The average molecular weight is 328 g/mol. The van der Waals surface area contributed by atoms with Gasteiger partial charge in [-0.1, -0.05) is 34.8 Å². The third kappa shape index (κ3) is 2.04. The van der Waals surface area contributed by atoms with Crippen LogP contribution in [0.5, 0.6) is 0 Å². The average Bonchev–Trinajstić information content (AvgIpc) is 2.85. The Morgan fingerprint density at radius 1 is 1.00 bits per heavy atom. The second-order valence-corrected chi connectivity index (χ2v) is 5.56. The molecule has 3 aromatic rings. The van der Waals surface area contributed by atoms with Crippen molar-refractivity contribution < 1.29 is 0 Å². The molecule has 4 nitrogen and oxygen atoms in total. The maximum absolute atomic E-state index is 6.11. The lowest BCUT2D eigenvalue weighted by Crippen LogP contribution is -2.00. The molecule has 2 aromatic heterocycles. The maximum Gasteiger partial charge on any atom is 0.199 e. The fourth-order valence-corrected chi connectivity index (χ4v) is 2.54. The zero-order valence-electron chi connectivity index (χ0n) is 10.7. The predicted octanol–water partition coefficient (Wildman–Crippen LogP) is 4.37. The predicted molar refractivity (Wildman–Crippen MR) is 80.7 cm³/mol. The molecule has 3 rings (SSSR count). The summed E-state index contributed by atoms with van der Waals surface area (Å²) in [5.41, 5.74) is 3.09. The summed E-state index contributed by atoms with van der Waals surface area (Å²) in [6.07, 6.45) is 0. The maximum atomic E-state index is 6.11. The van der Waals surface area contributed by atoms with Crippen molar-refractivity contribution in [1.29, 1.82) is 0 Å². The molecule has 0 saturated carbocycles. The first-order chi connectivity index (χ1) is 9.49. The van der Waals surface area contributed by atoms with Crippen LogP contribution in [-0.2, 0) is 0 Å². The van der Waals surface area contributed by atoms with Crippen LogP contribution in [0, 0.1) is 13.8 Å². The molecule has 0 bridgehead atoms. The van der Waals surface area contributed by atoms with E-state index in [2.05, 4.69) is 15.2 Å². The van der Waals surface area contributed by atoms with Crippen LogP contribution >= 0.6 is 34.8 Å². The highest BCUT2D eigenvalue weighted by Gasteiger charge is 2.16. The van der Waals surface area contributed by atoms with Crippen molar-refractivity contribution in [2.75, 3.05) is 0 Å². The molecule has 0 unspecified atom stereocenters. The fraction of sp³-hybridized carbons (Fsp3) is 0.154. The number of rotatable bonds is 1. The molecule has 0 N–H and O–H groups in total. The van der Waals surface area contributed by atoms with Gasteiger partial charge in [-0.05, 0) is 32.0 Å². The van der Waals surface area contributed by atoms with Gasteiger partial charge in [0.1, 0.15) is 0 Å². The van der Waals surface area contributed by atoms with E-state index in [1.807, 2.05) is 24.3 Å². The highest BCUT2D eigenvalue weighted by Crippen LogP contribution is 2.29. The molecule has 20 heavy (non-hydrogen) atoms. The van der Waals surface area contributed by atoms with Crippen molar-refractivity contribution >= 4 is 40.4 Å². The van der Waals surface area contributed by atoms with Gasteiger partial charge in [0, 0.05) is 11.3 Å². The van der Waals surface area contributed by atoms with Crippen LogP contribution in [0.1, 0.15) is 11.4 Å². The molecule has 0 atom stereocenters. The van der Waals surface area contributed by atoms with E-state index in [1.54, 1.807) is 12.1 Å². The Labute approximate surface area is 130 Å². The summed E-state index contributed by atoms with van der Waals surface area (Å²) in [5, 5.41) is 9.57. The van der Waals surface area contributed by atoms with Crippen molar-refractivity contribution in [1.82, 2.24) is 19.6 Å². The van der Waals surface area contributed by atoms with Crippen molar-refractivity contribution in [2.24, 2.45) is 0 Å². The summed E-state index contributed by atoms with van der Waals surface area (Å²) in [6, 6.07) is 5.32.